The molecule has 0 unspecified atom stereocenters. The molecular weight excluding hydrogens is 432 g/mol. The maximum Gasteiger partial charge on any atom is 0.261 e. The average Bonchev–Trinajstić information content (AvgIpc) is 2.90. The predicted octanol–water partition coefficient (Wildman–Crippen LogP) is 6.38. The number of benzene rings is 4. The van der Waals surface area contributed by atoms with Gasteiger partial charge in [0.05, 0.1) is 0 Å². The zero-order chi connectivity index (χ0) is 24.5. The first-order chi connectivity index (χ1) is 17.1. The van der Waals surface area contributed by atoms with Crippen LogP contribution in [0.5, 0.6) is 5.75 Å². The quantitative estimate of drug-likeness (QED) is 0.179. The minimum absolute atomic E-state index is 0.0567. The van der Waals surface area contributed by atoms with E-state index in [0.717, 1.165) is 34.7 Å². The van der Waals surface area contributed by atoms with Crippen LogP contribution in [0.15, 0.2) is 96.6 Å². The standard InChI is InChI=1S/C31H28N2O2/c1-23-13-15-25(16-14-23)22-35-30-18-17-26-11-5-6-12-28(26)29(30)20-27(21-32)31(34)33-19-7-10-24-8-3-2-4-9-24/h2-6,8-9,11-18,20H,7,10,19,22H2,1H3,(H,33,34)/b27-20-. The van der Waals surface area contributed by atoms with E-state index < -0.39 is 0 Å². The molecular formula is C31H28N2O2. The first-order valence-electron chi connectivity index (χ1n) is 11.8. The van der Waals surface area contributed by atoms with Crippen LogP contribution in [0, 0.1) is 18.3 Å². The number of nitrogens with one attached hydrogen (secondary N) is 1. The second-order valence-electron chi connectivity index (χ2n) is 8.49. The molecule has 0 heterocycles. The SMILES string of the molecule is Cc1ccc(COc2ccc3ccccc3c2/C=C(/C#N)C(=O)NCCCc2ccccc2)cc1. The van der Waals surface area contributed by atoms with E-state index in [1.54, 1.807) is 6.08 Å². The highest BCUT2D eigenvalue weighted by Crippen LogP contribution is 2.31. The molecule has 4 aromatic rings. The Morgan fingerprint density at radius 3 is 2.43 bits per heavy atom. The van der Waals surface area contributed by atoms with E-state index in [1.807, 2.05) is 73.7 Å². The van der Waals surface area contributed by atoms with Crippen molar-refractivity contribution < 1.29 is 9.53 Å². The van der Waals surface area contributed by atoms with Crippen molar-refractivity contribution in [3.05, 3.63) is 119 Å². The Morgan fingerprint density at radius 2 is 1.66 bits per heavy atom. The third-order valence-electron chi connectivity index (χ3n) is 5.87. The number of amides is 1. The first kappa shape index (κ1) is 23.8. The summed E-state index contributed by atoms with van der Waals surface area (Å²) in [5.74, 6) is 0.256. The smallest absolute Gasteiger partial charge is 0.261 e. The van der Waals surface area contributed by atoms with Crippen LogP contribution in [-0.2, 0) is 17.8 Å². The summed E-state index contributed by atoms with van der Waals surface area (Å²) in [6, 6.07) is 32.2. The average molecular weight is 461 g/mol. The van der Waals surface area contributed by atoms with Crippen LogP contribution < -0.4 is 10.1 Å². The van der Waals surface area contributed by atoms with Gasteiger partial charge in [-0.3, -0.25) is 4.79 Å². The van der Waals surface area contributed by atoms with E-state index in [0.29, 0.717) is 18.9 Å². The lowest BCUT2D eigenvalue weighted by molar-refractivity contribution is -0.117. The van der Waals surface area contributed by atoms with Crippen molar-refractivity contribution in [2.75, 3.05) is 6.54 Å². The van der Waals surface area contributed by atoms with E-state index >= 15 is 0 Å². The van der Waals surface area contributed by atoms with Crippen LogP contribution in [0.2, 0.25) is 0 Å². The maximum atomic E-state index is 12.8. The summed E-state index contributed by atoms with van der Waals surface area (Å²) in [6.07, 6.45) is 3.31. The fraction of sp³-hybridized carbons (Fsp3) is 0.161. The van der Waals surface area contributed by atoms with E-state index in [-0.39, 0.29) is 11.5 Å². The van der Waals surface area contributed by atoms with E-state index in [4.69, 9.17) is 4.74 Å². The van der Waals surface area contributed by atoms with Crippen molar-refractivity contribution in [3.63, 3.8) is 0 Å². The van der Waals surface area contributed by atoms with Gasteiger partial charge in [-0.2, -0.15) is 5.26 Å². The Labute approximate surface area is 206 Å². The van der Waals surface area contributed by atoms with Gasteiger partial charge in [0.25, 0.3) is 5.91 Å². The molecule has 0 atom stereocenters. The van der Waals surface area contributed by atoms with E-state index in [2.05, 4.69) is 35.7 Å². The molecule has 0 bridgehead atoms. The predicted molar refractivity (Wildman–Crippen MR) is 141 cm³/mol. The second kappa shape index (κ2) is 11.7. The number of fused-ring (bicyclic) bond motifs is 1. The Balaban J connectivity index is 1.52. The van der Waals surface area contributed by atoms with Crippen LogP contribution >= 0.6 is 0 Å². The van der Waals surface area contributed by atoms with E-state index in [1.165, 1.54) is 11.1 Å². The van der Waals surface area contributed by atoms with Crippen molar-refractivity contribution in [3.8, 4) is 11.8 Å². The van der Waals surface area contributed by atoms with Gasteiger partial charge in [-0.25, -0.2) is 0 Å². The topological polar surface area (TPSA) is 62.1 Å². The molecule has 35 heavy (non-hydrogen) atoms. The van der Waals surface area contributed by atoms with Gasteiger partial charge in [-0.1, -0.05) is 90.5 Å². The molecule has 1 N–H and O–H groups in total. The summed E-state index contributed by atoms with van der Waals surface area (Å²) < 4.78 is 6.16. The van der Waals surface area contributed by atoms with Gasteiger partial charge in [0, 0.05) is 12.1 Å². The lowest BCUT2D eigenvalue weighted by atomic mass is 10.0. The number of nitrogens with zero attached hydrogens (tertiary/aromatic N) is 1. The van der Waals surface area contributed by atoms with Crippen molar-refractivity contribution in [2.24, 2.45) is 0 Å². The van der Waals surface area contributed by atoms with Crippen molar-refractivity contribution in [1.29, 1.82) is 5.26 Å². The Kier molecular flexibility index (Phi) is 7.93. The Morgan fingerprint density at radius 1 is 0.914 bits per heavy atom. The number of ether oxygens (including phenoxy) is 1. The third kappa shape index (κ3) is 6.37. The number of carbonyl (C=O) groups excluding carboxylic acids is 1. The number of hydrogen-bond acceptors (Lipinski definition) is 3. The number of rotatable bonds is 9. The molecule has 0 saturated heterocycles. The van der Waals surface area contributed by atoms with Gasteiger partial charge in [-0.05, 0) is 53.8 Å². The van der Waals surface area contributed by atoms with Gasteiger partial charge in [0.2, 0.25) is 0 Å². The van der Waals surface area contributed by atoms with Gasteiger partial charge >= 0.3 is 0 Å². The fourth-order valence-electron chi connectivity index (χ4n) is 3.92. The summed E-state index contributed by atoms with van der Waals surface area (Å²) in [7, 11) is 0. The highest BCUT2D eigenvalue weighted by atomic mass is 16.5. The highest BCUT2D eigenvalue weighted by molar-refractivity contribution is 6.05. The summed E-state index contributed by atoms with van der Waals surface area (Å²) in [6.45, 7) is 2.94. The molecule has 0 aliphatic carbocycles. The molecule has 0 saturated carbocycles. The third-order valence-corrected chi connectivity index (χ3v) is 5.87. The summed E-state index contributed by atoms with van der Waals surface area (Å²) >= 11 is 0. The zero-order valence-corrected chi connectivity index (χ0v) is 19.8. The van der Waals surface area contributed by atoms with Gasteiger partial charge in [0.1, 0.15) is 24.0 Å². The molecule has 0 fully saturated rings. The van der Waals surface area contributed by atoms with Crippen molar-refractivity contribution >= 4 is 22.8 Å². The van der Waals surface area contributed by atoms with Crippen LogP contribution in [0.4, 0.5) is 0 Å². The van der Waals surface area contributed by atoms with Crippen molar-refractivity contribution in [1.82, 2.24) is 5.32 Å². The zero-order valence-electron chi connectivity index (χ0n) is 19.8. The molecule has 4 heteroatoms. The monoisotopic (exact) mass is 460 g/mol. The molecule has 0 radical (unpaired) electrons. The molecule has 0 aromatic heterocycles. The summed E-state index contributed by atoms with van der Waals surface area (Å²) in [5.41, 5.74) is 4.25. The summed E-state index contributed by atoms with van der Waals surface area (Å²) in [4.78, 5) is 12.8. The van der Waals surface area contributed by atoms with Gasteiger partial charge in [-0.15, -0.1) is 0 Å². The molecule has 0 aliphatic rings. The van der Waals surface area contributed by atoms with E-state index in [9.17, 15) is 10.1 Å². The fourth-order valence-corrected chi connectivity index (χ4v) is 3.92. The van der Waals surface area contributed by atoms with Crippen LogP contribution in [0.25, 0.3) is 16.8 Å². The number of hydrogen-bond donors (Lipinski definition) is 1. The van der Waals surface area contributed by atoms with Crippen LogP contribution in [0.3, 0.4) is 0 Å². The molecule has 0 aliphatic heterocycles. The lowest BCUT2D eigenvalue weighted by Gasteiger charge is -2.13. The molecule has 0 spiro atoms. The summed E-state index contributed by atoms with van der Waals surface area (Å²) in [5, 5.41) is 14.6. The molecule has 4 nitrogen and oxygen atoms in total. The minimum Gasteiger partial charge on any atom is -0.488 e. The van der Waals surface area contributed by atoms with Crippen molar-refractivity contribution in [2.45, 2.75) is 26.4 Å². The largest absolute Gasteiger partial charge is 0.488 e. The number of nitriles is 1. The van der Waals surface area contributed by atoms with Crippen LogP contribution in [0.1, 0.15) is 28.7 Å². The van der Waals surface area contributed by atoms with Gasteiger partial charge in [0.15, 0.2) is 0 Å². The number of aryl methyl sites for hydroxylation is 2. The molecule has 4 aromatic carbocycles. The Hall–Kier alpha value is -4.36. The molecule has 1 amide bonds. The highest BCUT2D eigenvalue weighted by Gasteiger charge is 2.13. The normalized spacial score (nSPS) is 11.1. The minimum atomic E-state index is -0.377. The van der Waals surface area contributed by atoms with Crippen LogP contribution in [-0.4, -0.2) is 12.5 Å². The maximum absolute atomic E-state index is 12.8. The number of carbonyl (C=O) groups is 1. The Bertz CT molecular complexity index is 1370. The first-order valence-corrected chi connectivity index (χ1v) is 11.8. The van der Waals surface area contributed by atoms with Gasteiger partial charge < -0.3 is 10.1 Å². The molecule has 174 valence electrons. The lowest BCUT2D eigenvalue weighted by Crippen LogP contribution is -2.25. The molecule has 4 rings (SSSR count). The second-order valence-corrected chi connectivity index (χ2v) is 8.49.